The lowest BCUT2D eigenvalue weighted by Crippen LogP contribution is -2.30. The summed E-state index contributed by atoms with van der Waals surface area (Å²) in [5, 5.41) is 13.0. The second kappa shape index (κ2) is 2.73. The molecule has 15 heavy (non-hydrogen) atoms. The molecule has 0 saturated heterocycles. The molecule has 0 radical (unpaired) electrons. The van der Waals surface area contributed by atoms with Crippen molar-refractivity contribution in [2.45, 2.75) is 32.8 Å². The van der Waals surface area contributed by atoms with E-state index < -0.39 is 0 Å². The Labute approximate surface area is 89.8 Å². The van der Waals surface area contributed by atoms with Crippen LogP contribution in [-0.2, 0) is 0 Å². The van der Waals surface area contributed by atoms with Gasteiger partial charge in [-0.15, -0.1) is 0 Å². The Morgan fingerprint density at radius 2 is 2.13 bits per heavy atom. The standard InChI is InChI=1S/C14H16O/c1-14(2)11-8-4-6-9-5-3-7-10(12(9)11)13(14)15/h3,5-7,13,15H,4,8H2,1-2H3. The molecule has 1 nitrogen and oxygen atoms in total. The van der Waals surface area contributed by atoms with Crippen LogP contribution in [0.3, 0.4) is 0 Å². The van der Waals surface area contributed by atoms with E-state index in [1.54, 1.807) is 0 Å². The first-order valence-electron chi connectivity index (χ1n) is 5.63. The molecule has 0 saturated carbocycles. The number of rotatable bonds is 0. The first kappa shape index (κ1) is 9.17. The van der Waals surface area contributed by atoms with E-state index in [-0.39, 0.29) is 11.5 Å². The minimum absolute atomic E-state index is 0.0767. The lowest BCUT2D eigenvalue weighted by Gasteiger charge is -2.28. The predicted octanol–water partition coefficient (Wildman–Crippen LogP) is 1.48. The number of hydrogen-bond donors (Lipinski definition) is 1. The number of hydrogen-bond acceptors (Lipinski definition) is 1. The van der Waals surface area contributed by atoms with Crippen LogP contribution in [0.2, 0.25) is 0 Å². The van der Waals surface area contributed by atoms with Gasteiger partial charge in [0.1, 0.15) is 0 Å². The van der Waals surface area contributed by atoms with Crippen LogP contribution in [0.15, 0.2) is 18.2 Å². The van der Waals surface area contributed by atoms with Crippen molar-refractivity contribution in [1.82, 2.24) is 0 Å². The van der Waals surface area contributed by atoms with Gasteiger partial charge in [0.2, 0.25) is 0 Å². The topological polar surface area (TPSA) is 20.2 Å². The van der Waals surface area contributed by atoms with Crippen molar-refractivity contribution < 1.29 is 5.11 Å². The number of benzene rings is 1. The molecule has 1 aromatic rings. The fraction of sp³-hybridized carbons (Fsp3) is 0.429. The average Bonchev–Trinajstić information content (AvgIpc) is 2.43. The Hall–Kier alpha value is -1.08. The molecule has 0 aromatic heterocycles. The summed E-state index contributed by atoms with van der Waals surface area (Å²) < 4.78 is 0. The Morgan fingerprint density at radius 1 is 1.33 bits per heavy atom. The molecular weight excluding hydrogens is 184 g/mol. The highest BCUT2D eigenvalue weighted by molar-refractivity contribution is 5.63. The Balaban J connectivity index is 2.49. The van der Waals surface area contributed by atoms with Gasteiger partial charge in [0, 0.05) is 5.41 Å². The molecule has 1 unspecified atom stereocenters. The van der Waals surface area contributed by atoms with Crippen LogP contribution in [0.5, 0.6) is 0 Å². The highest BCUT2D eigenvalue weighted by atomic mass is 16.3. The van der Waals surface area contributed by atoms with E-state index in [1.807, 2.05) is 0 Å². The summed E-state index contributed by atoms with van der Waals surface area (Å²) in [5.41, 5.74) is 2.50. The maximum Gasteiger partial charge on any atom is 0.0884 e. The lowest BCUT2D eigenvalue weighted by molar-refractivity contribution is 0.0930. The molecule has 0 spiro atoms. The van der Waals surface area contributed by atoms with Crippen LogP contribution in [0.4, 0.5) is 0 Å². The Bertz CT molecular complexity index is 537. The van der Waals surface area contributed by atoms with Crippen LogP contribution < -0.4 is 10.4 Å². The fourth-order valence-corrected chi connectivity index (χ4v) is 3.03. The van der Waals surface area contributed by atoms with Gasteiger partial charge < -0.3 is 5.11 Å². The highest BCUT2D eigenvalue weighted by Crippen LogP contribution is 2.45. The van der Waals surface area contributed by atoms with Gasteiger partial charge in [-0.05, 0) is 28.8 Å². The third-order valence-electron chi connectivity index (χ3n) is 3.95. The van der Waals surface area contributed by atoms with E-state index in [4.69, 9.17) is 0 Å². The Morgan fingerprint density at radius 3 is 2.93 bits per heavy atom. The van der Waals surface area contributed by atoms with Gasteiger partial charge >= 0.3 is 0 Å². The summed E-state index contributed by atoms with van der Waals surface area (Å²) in [5.74, 6) is 0. The monoisotopic (exact) mass is 200 g/mol. The SMILES string of the molecule is CC1(C)C2=c3c(cccc3=CCC2)C1O. The van der Waals surface area contributed by atoms with Gasteiger partial charge in [-0.1, -0.05) is 43.7 Å². The first-order chi connectivity index (χ1) is 7.12. The van der Waals surface area contributed by atoms with Gasteiger partial charge in [-0.2, -0.15) is 0 Å². The summed E-state index contributed by atoms with van der Waals surface area (Å²) in [7, 11) is 0. The minimum Gasteiger partial charge on any atom is -0.387 e. The molecule has 0 fully saturated rings. The first-order valence-corrected chi connectivity index (χ1v) is 5.63. The highest BCUT2D eigenvalue weighted by Gasteiger charge is 2.39. The fourth-order valence-electron chi connectivity index (χ4n) is 3.03. The smallest absolute Gasteiger partial charge is 0.0884 e. The van der Waals surface area contributed by atoms with Crippen LogP contribution in [-0.4, -0.2) is 5.11 Å². The van der Waals surface area contributed by atoms with Crippen molar-refractivity contribution in [2.75, 3.05) is 0 Å². The molecule has 3 rings (SSSR count). The lowest BCUT2D eigenvalue weighted by atomic mass is 9.80. The second-order valence-corrected chi connectivity index (χ2v) is 5.16. The van der Waals surface area contributed by atoms with E-state index in [0.29, 0.717) is 0 Å². The summed E-state index contributed by atoms with van der Waals surface area (Å²) in [6, 6.07) is 6.28. The van der Waals surface area contributed by atoms with Crippen molar-refractivity contribution in [1.29, 1.82) is 0 Å². The molecule has 1 heteroatoms. The van der Waals surface area contributed by atoms with Gasteiger partial charge in [0.15, 0.2) is 0 Å². The molecule has 2 aliphatic carbocycles. The maximum absolute atomic E-state index is 10.3. The molecule has 0 bridgehead atoms. The van der Waals surface area contributed by atoms with Crippen molar-refractivity contribution in [3.63, 3.8) is 0 Å². The van der Waals surface area contributed by atoms with E-state index >= 15 is 0 Å². The molecule has 0 heterocycles. The second-order valence-electron chi connectivity index (χ2n) is 5.16. The van der Waals surface area contributed by atoms with E-state index in [0.717, 1.165) is 18.4 Å². The van der Waals surface area contributed by atoms with Crippen LogP contribution in [0.1, 0.15) is 38.4 Å². The van der Waals surface area contributed by atoms with Gasteiger partial charge in [-0.25, -0.2) is 0 Å². The molecule has 0 aliphatic heterocycles. The quantitative estimate of drug-likeness (QED) is 0.672. The van der Waals surface area contributed by atoms with E-state index in [1.165, 1.54) is 16.0 Å². The van der Waals surface area contributed by atoms with Crippen LogP contribution in [0.25, 0.3) is 11.6 Å². The van der Waals surface area contributed by atoms with Crippen molar-refractivity contribution in [3.05, 3.63) is 34.2 Å². The van der Waals surface area contributed by atoms with E-state index in [2.05, 4.69) is 38.1 Å². The maximum atomic E-state index is 10.3. The summed E-state index contributed by atoms with van der Waals surface area (Å²) in [4.78, 5) is 0. The average molecular weight is 200 g/mol. The zero-order chi connectivity index (χ0) is 10.6. The summed E-state index contributed by atoms with van der Waals surface area (Å²) in [6.07, 6.45) is 4.18. The number of aliphatic hydroxyl groups is 1. The van der Waals surface area contributed by atoms with Gasteiger partial charge in [-0.3, -0.25) is 0 Å². The van der Waals surface area contributed by atoms with Gasteiger partial charge in [0.25, 0.3) is 0 Å². The molecule has 1 aromatic carbocycles. The van der Waals surface area contributed by atoms with Gasteiger partial charge in [0.05, 0.1) is 6.10 Å². The number of aliphatic hydroxyl groups excluding tert-OH is 1. The zero-order valence-electron chi connectivity index (χ0n) is 9.25. The largest absolute Gasteiger partial charge is 0.387 e. The Kier molecular flexibility index (Phi) is 1.67. The van der Waals surface area contributed by atoms with E-state index in [9.17, 15) is 5.11 Å². The van der Waals surface area contributed by atoms with Crippen LogP contribution >= 0.6 is 0 Å². The van der Waals surface area contributed by atoms with Crippen molar-refractivity contribution >= 4 is 11.6 Å². The van der Waals surface area contributed by atoms with Crippen molar-refractivity contribution in [3.8, 4) is 0 Å². The predicted molar refractivity (Wildman–Crippen MR) is 61.5 cm³/mol. The van der Waals surface area contributed by atoms with Crippen molar-refractivity contribution in [2.24, 2.45) is 5.41 Å². The van der Waals surface area contributed by atoms with Crippen LogP contribution in [0, 0.1) is 5.41 Å². The molecule has 1 atom stereocenters. The third-order valence-corrected chi connectivity index (χ3v) is 3.95. The summed E-state index contributed by atoms with van der Waals surface area (Å²) >= 11 is 0. The molecular formula is C14H16O. The summed E-state index contributed by atoms with van der Waals surface area (Å²) in [6.45, 7) is 4.31. The minimum atomic E-state index is -0.325. The molecule has 2 aliphatic rings. The normalized spacial score (nSPS) is 26.1. The third kappa shape index (κ3) is 1.02. The molecule has 1 N–H and O–H groups in total. The molecule has 78 valence electrons. The molecule has 0 amide bonds. The zero-order valence-corrected chi connectivity index (χ0v) is 9.25.